The summed E-state index contributed by atoms with van der Waals surface area (Å²) in [6.07, 6.45) is 2.86. The second-order valence-corrected chi connectivity index (χ2v) is 8.32. The van der Waals surface area contributed by atoms with Gasteiger partial charge in [-0.1, -0.05) is 60.7 Å². The van der Waals surface area contributed by atoms with Gasteiger partial charge in [-0.3, -0.25) is 10.1 Å². The Morgan fingerprint density at radius 1 is 0.939 bits per heavy atom. The van der Waals surface area contributed by atoms with Crippen LogP contribution in [-0.2, 0) is 13.0 Å². The monoisotopic (exact) mass is 443 g/mol. The van der Waals surface area contributed by atoms with Crippen molar-refractivity contribution in [3.05, 3.63) is 88.0 Å². The Hall–Kier alpha value is -3.94. The molecule has 1 aliphatic heterocycles. The Morgan fingerprint density at radius 2 is 1.58 bits per heavy atom. The van der Waals surface area contributed by atoms with Gasteiger partial charge in [0.25, 0.3) is 0 Å². The van der Waals surface area contributed by atoms with Crippen LogP contribution in [0.4, 0.5) is 17.1 Å². The van der Waals surface area contributed by atoms with Crippen molar-refractivity contribution in [1.82, 2.24) is 10.3 Å². The molecular formula is C25H25N5O3. The first kappa shape index (κ1) is 20.9. The van der Waals surface area contributed by atoms with Crippen LogP contribution in [0.3, 0.4) is 0 Å². The second kappa shape index (κ2) is 9.28. The van der Waals surface area contributed by atoms with E-state index in [2.05, 4.69) is 44.4 Å². The molecule has 1 fully saturated rings. The van der Waals surface area contributed by atoms with Crippen LogP contribution in [-0.4, -0.2) is 34.9 Å². The van der Waals surface area contributed by atoms with Crippen LogP contribution in [0.2, 0.25) is 0 Å². The minimum absolute atomic E-state index is 0.0281. The van der Waals surface area contributed by atoms with Gasteiger partial charge in [-0.2, -0.15) is 0 Å². The molecule has 8 heteroatoms. The minimum atomic E-state index is -0.366. The van der Waals surface area contributed by atoms with Gasteiger partial charge < -0.3 is 9.80 Å². The number of nitro benzene ring substituents is 1. The lowest BCUT2D eigenvalue weighted by Crippen LogP contribution is -2.27. The van der Waals surface area contributed by atoms with E-state index in [0.29, 0.717) is 17.7 Å². The lowest BCUT2D eigenvalue weighted by molar-refractivity contribution is -0.382. The summed E-state index contributed by atoms with van der Waals surface area (Å²) in [6, 6.07) is 22.4. The van der Waals surface area contributed by atoms with Gasteiger partial charge >= 0.3 is 5.69 Å². The van der Waals surface area contributed by atoms with Gasteiger partial charge in [-0.15, -0.1) is 0 Å². The normalized spacial score (nSPS) is 13.5. The van der Waals surface area contributed by atoms with E-state index in [9.17, 15) is 10.1 Å². The summed E-state index contributed by atoms with van der Waals surface area (Å²) in [5.74, 6) is 0. The Kier molecular flexibility index (Phi) is 5.89. The fourth-order valence-corrected chi connectivity index (χ4v) is 4.52. The Balaban J connectivity index is 1.60. The molecule has 0 radical (unpaired) electrons. The van der Waals surface area contributed by atoms with E-state index >= 15 is 0 Å². The topological polar surface area (TPSA) is 88.5 Å². The third kappa shape index (κ3) is 4.37. The molecule has 0 N–H and O–H groups in total. The molecule has 0 amide bonds. The molecule has 0 unspecified atom stereocenters. The summed E-state index contributed by atoms with van der Waals surface area (Å²) in [4.78, 5) is 16.0. The van der Waals surface area contributed by atoms with Crippen LogP contribution >= 0.6 is 0 Å². The van der Waals surface area contributed by atoms with Crippen LogP contribution < -0.4 is 9.80 Å². The van der Waals surface area contributed by atoms with E-state index in [1.807, 2.05) is 42.5 Å². The van der Waals surface area contributed by atoms with E-state index in [1.165, 1.54) is 5.56 Å². The van der Waals surface area contributed by atoms with Crippen molar-refractivity contribution in [2.24, 2.45) is 0 Å². The van der Waals surface area contributed by atoms with Gasteiger partial charge in [-0.05, 0) is 46.8 Å². The predicted octanol–water partition coefficient (Wildman–Crippen LogP) is 4.98. The van der Waals surface area contributed by atoms with E-state index in [0.717, 1.165) is 50.1 Å². The predicted molar refractivity (Wildman–Crippen MR) is 128 cm³/mol. The third-order valence-electron chi connectivity index (χ3n) is 6.17. The molecule has 4 aromatic rings. The second-order valence-electron chi connectivity index (χ2n) is 8.32. The molecule has 1 aliphatic rings. The minimum Gasteiger partial charge on any atom is -0.366 e. The standard InChI is InChI=1S/C25H25N5O3/c31-30(32)25-22(28-14-7-8-15-28)17-21(23-24(25)27-33-26-23)29(18-20-11-5-2-6-12-20)16-13-19-9-3-1-4-10-19/h1-6,9-12,17H,7-8,13-16,18H2. The zero-order valence-corrected chi connectivity index (χ0v) is 18.3. The molecule has 0 saturated carbocycles. The van der Waals surface area contributed by atoms with Crippen molar-refractivity contribution in [2.75, 3.05) is 29.4 Å². The Morgan fingerprint density at radius 3 is 2.24 bits per heavy atom. The number of anilines is 2. The Labute approximate surface area is 191 Å². The number of aromatic nitrogens is 2. The van der Waals surface area contributed by atoms with Gasteiger partial charge in [0.2, 0.25) is 5.52 Å². The van der Waals surface area contributed by atoms with Crippen molar-refractivity contribution in [3.8, 4) is 0 Å². The maximum Gasteiger partial charge on any atom is 0.323 e. The van der Waals surface area contributed by atoms with Crippen LogP contribution in [0.5, 0.6) is 0 Å². The van der Waals surface area contributed by atoms with Crippen LogP contribution in [0.1, 0.15) is 24.0 Å². The quantitative estimate of drug-likeness (QED) is 0.280. The van der Waals surface area contributed by atoms with Gasteiger partial charge in [0, 0.05) is 26.2 Å². The zero-order chi connectivity index (χ0) is 22.6. The maximum atomic E-state index is 12.0. The summed E-state index contributed by atoms with van der Waals surface area (Å²) in [7, 11) is 0. The molecule has 0 spiro atoms. The van der Waals surface area contributed by atoms with Gasteiger partial charge in [-0.25, -0.2) is 4.63 Å². The molecular weight excluding hydrogens is 418 g/mol. The number of nitrogens with zero attached hydrogens (tertiary/aromatic N) is 5. The highest BCUT2D eigenvalue weighted by atomic mass is 16.6. The largest absolute Gasteiger partial charge is 0.366 e. The summed E-state index contributed by atoms with van der Waals surface area (Å²) in [5, 5.41) is 20.1. The lowest BCUT2D eigenvalue weighted by atomic mass is 10.1. The highest BCUT2D eigenvalue weighted by Gasteiger charge is 2.31. The molecule has 1 aromatic heterocycles. The molecule has 8 nitrogen and oxygen atoms in total. The number of rotatable bonds is 8. The molecule has 168 valence electrons. The number of benzene rings is 3. The Bertz CT molecular complexity index is 1240. The first-order valence-electron chi connectivity index (χ1n) is 11.2. The summed E-state index contributed by atoms with van der Waals surface area (Å²) < 4.78 is 5.03. The van der Waals surface area contributed by atoms with Crippen LogP contribution in [0.15, 0.2) is 71.4 Å². The lowest BCUT2D eigenvalue weighted by Gasteiger charge is -2.27. The van der Waals surface area contributed by atoms with Gasteiger partial charge in [0.05, 0.1) is 10.6 Å². The van der Waals surface area contributed by atoms with E-state index in [4.69, 9.17) is 4.63 Å². The molecule has 0 aliphatic carbocycles. The van der Waals surface area contributed by atoms with Gasteiger partial charge in [0.1, 0.15) is 5.69 Å². The summed E-state index contributed by atoms with van der Waals surface area (Å²) >= 11 is 0. The number of hydrogen-bond acceptors (Lipinski definition) is 7. The van der Waals surface area contributed by atoms with Crippen LogP contribution in [0, 0.1) is 10.1 Å². The molecule has 0 atom stereocenters. The average molecular weight is 444 g/mol. The molecule has 5 rings (SSSR count). The van der Waals surface area contributed by atoms with Crippen LogP contribution in [0.25, 0.3) is 11.0 Å². The molecule has 33 heavy (non-hydrogen) atoms. The fraction of sp³-hybridized carbons (Fsp3) is 0.280. The zero-order valence-electron chi connectivity index (χ0n) is 18.3. The summed E-state index contributed by atoms with van der Waals surface area (Å²) in [5.41, 5.74) is 4.38. The highest BCUT2D eigenvalue weighted by Crippen LogP contribution is 2.41. The number of nitro groups is 1. The number of fused-ring (bicyclic) bond motifs is 1. The average Bonchev–Trinajstić information content (AvgIpc) is 3.54. The molecule has 3 aromatic carbocycles. The van der Waals surface area contributed by atoms with E-state index in [-0.39, 0.29) is 16.1 Å². The van der Waals surface area contributed by atoms with Gasteiger partial charge in [0.15, 0.2) is 5.52 Å². The van der Waals surface area contributed by atoms with E-state index < -0.39 is 0 Å². The summed E-state index contributed by atoms with van der Waals surface area (Å²) in [6.45, 7) is 2.95. The SMILES string of the molecule is O=[N+]([O-])c1c(N2CCCC2)cc(N(CCc2ccccc2)Cc2ccccc2)c2nonc12. The smallest absolute Gasteiger partial charge is 0.323 e. The van der Waals surface area contributed by atoms with Crippen molar-refractivity contribution < 1.29 is 9.55 Å². The van der Waals surface area contributed by atoms with Crippen molar-refractivity contribution in [3.63, 3.8) is 0 Å². The molecule has 2 heterocycles. The van der Waals surface area contributed by atoms with Crippen molar-refractivity contribution in [1.29, 1.82) is 0 Å². The first-order chi connectivity index (χ1) is 16.2. The molecule has 1 saturated heterocycles. The maximum absolute atomic E-state index is 12.0. The van der Waals surface area contributed by atoms with Crippen molar-refractivity contribution in [2.45, 2.75) is 25.8 Å². The molecule has 0 bridgehead atoms. The fourth-order valence-electron chi connectivity index (χ4n) is 4.52. The third-order valence-corrected chi connectivity index (χ3v) is 6.17. The van der Waals surface area contributed by atoms with Crippen molar-refractivity contribution >= 4 is 28.1 Å². The van der Waals surface area contributed by atoms with E-state index in [1.54, 1.807) is 0 Å². The number of hydrogen-bond donors (Lipinski definition) is 0. The highest BCUT2D eigenvalue weighted by molar-refractivity contribution is 6.00. The first-order valence-corrected chi connectivity index (χ1v) is 11.2.